The van der Waals surface area contributed by atoms with Gasteiger partial charge in [0.1, 0.15) is 6.01 Å². The lowest BCUT2D eigenvalue weighted by Gasteiger charge is -2.07. The van der Waals surface area contributed by atoms with Crippen molar-refractivity contribution < 1.29 is 4.74 Å². The van der Waals surface area contributed by atoms with Crippen LogP contribution in [0.15, 0.2) is 52.4 Å². The van der Waals surface area contributed by atoms with Gasteiger partial charge in [0.2, 0.25) is 4.38 Å². The van der Waals surface area contributed by atoms with E-state index in [0.29, 0.717) is 16.7 Å². The predicted molar refractivity (Wildman–Crippen MR) is 107 cm³/mol. The average molecular weight is 357 g/mol. The zero-order valence-corrected chi connectivity index (χ0v) is 15.7. The quantitative estimate of drug-likeness (QED) is 0.487. The molecule has 0 radical (unpaired) electrons. The summed E-state index contributed by atoms with van der Waals surface area (Å²) in [6, 6.07) is 16.8. The van der Waals surface area contributed by atoms with Crippen LogP contribution in [0.25, 0.3) is 0 Å². The third-order valence-electron chi connectivity index (χ3n) is 3.23. The highest BCUT2D eigenvalue weighted by Crippen LogP contribution is 2.26. The summed E-state index contributed by atoms with van der Waals surface area (Å²) in [5.74, 6) is 0.714. The van der Waals surface area contributed by atoms with E-state index in [1.54, 1.807) is 0 Å². The van der Waals surface area contributed by atoms with E-state index in [1.165, 1.54) is 22.9 Å². The Morgan fingerprint density at radius 3 is 2.50 bits per heavy atom. The Bertz CT molecular complexity index is 763. The van der Waals surface area contributed by atoms with Gasteiger partial charge in [-0.1, -0.05) is 47.2 Å². The molecule has 3 nitrogen and oxygen atoms in total. The van der Waals surface area contributed by atoms with Crippen LogP contribution in [0.4, 0.5) is 11.4 Å². The van der Waals surface area contributed by atoms with E-state index in [9.17, 15) is 0 Å². The highest BCUT2D eigenvalue weighted by atomic mass is 32.2. The molecule has 5 heteroatoms. The van der Waals surface area contributed by atoms with Crippen molar-refractivity contribution in [3.63, 3.8) is 0 Å². The van der Waals surface area contributed by atoms with E-state index >= 15 is 0 Å². The molecule has 0 atom stereocenters. The fourth-order valence-corrected chi connectivity index (χ4v) is 2.99. The van der Waals surface area contributed by atoms with Gasteiger partial charge in [0.15, 0.2) is 0 Å². The lowest BCUT2D eigenvalue weighted by atomic mass is 10.1. The molecule has 0 aliphatic carbocycles. The number of hydrogen-bond acceptors (Lipinski definition) is 5. The molecule has 0 bridgehead atoms. The summed E-state index contributed by atoms with van der Waals surface area (Å²) in [6.45, 7) is 6.62. The molecule has 0 unspecified atom stereocenters. The van der Waals surface area contributed by atoms with E-state index < -0.39 is 0 Å². The Balaban J connectivity index is 2.15. The van der Waals surface area contributed by atoms with Crippen LogP contribution in [-0.4, -0.2) is 17.0 Å². The van der Waals surface area contributed by atoms with Crippen LogP contribution in [-0.2, 0) is 10.5 Å². The van der Waals surface area contributed by atoms with Gasteiger partial charge in [0.25, 0.3) is 0 Å². The van der Waals surface area contributed by atoms with Crippen molar-refractivity contribution in [3.8, 4) is 0 Å². The number of thioether (sulfide) groups is 1. The van der Waals surface area contributed by atoms with Crippen molar-refractivity contribution in [2.24, 2.45) is 9.98 Å². The topological polar surface area (TPSA) is 34.0 Å². The van der Waals surface area contributed by atoms with Crippen LogP contribution in [0.2, 0.25) is 0 Å². The van der Waals surface area contributed by atoms with Crippen LogP contribution in [0.1, 0.15) is 23.6 Å². The minimum Gasteiger partial charge on any atom is -0.479 e. The Labute approximate surface area is 152 Å². The monoisotopic (exact) mass is 356 g/mol. The summed E-state index contributed by atoms with van der Waals surface area (Å²) in [5, 5.41) is 0. The number of aryl methyl sites for hydroxylation is 2. The fourth-order valence-electron chi connectivity index (χ4n) is 1.99. The van der Waals surface area contributed by atoms with Crippen molar-refractivity contribution in [1.29, 1.82) is 0 Å². The van der Waals surface area contributed by atoms with Gasteiger partial charge in [-0.15, -0.1) is 0 Å². The number of thiocarbonyl (C=S) groups is 1. The second-order valence-corrected chi connectivity index (χ2v) is 6.84. The third kappa shape index (κ3) is 5.93. The summed E-state index contributed by atoms with van der Waals surface area (Å²) in [4.78, 5) is 8.63. The van der Waals surface area contributed by atoms with E-state index in [0.717, 1.165) is 16.9 Å². The smallest absolute Gasteiger partial charge is 0.220 e. The molecule has 0 spiro atoms. The van der Waals surface area contributed by atoms with Crippen LogP contribution >= 0.6 is 24.0 Å². The number of aliphatic imine (C=N–C) groups is 2. The van der Waals surface area contributed by atoms with Crippen LogP contribution in [0, 0.1) is 13.8 Å². The Hall–Kier alpha value is -1.94. The molecule has 24 heavy (non-hydrogen) atoms. The molecule has 124 valence electrons. The number of ether oxygens (including phenoxy) is 1. The molecule has 0 saturated carbocycles. The van der Waals surface area contributed by atoms with Crippen molar-refractivity contribution >= 4 is 45.7 Å². The summed E-state index contributed by atoms with van der Waals surface area (Å²) in [6.07, 6.45) is 0. The number of hydrogen-bond donors (Lipinski definition) is 0. The maximum absolute atomic E-state index is 5.31. The first kappa shape index (κ1) is 18.4. The zero-order chi connectivity index (χ0) is 17.4. The van der Waals surface area contributed by atoms with Crippen molar-refractivity contribution in [3.05, 3.63) is 59.2 Å². The van der Waals surface area contributed by atoms with E-state index in [2.05, 4.69) is 29.0 Å². The first-order valence-electron chi connectivity index (χ1n) is 7.70. The van der Waals surface area contributed by atoms with Crippen LogP contribution in [0.3, 0.4) is 0 Å². The van der Waals surface area contributed by atoms with E-state index in [1.807, 2.05) is 50.2 Å². The fraction of sp³-hybridized carbons (Fsp3) is 0.263. The summed E-state index contributed by atoms with van der Waals surface area (Å²) in [5.41, 5.74) is 5.16. The molecule has 0 aliphatic heterocycles. The van der Waals surface area contributed by atoms with Crippen molar-refractivity contribution in [1.82, 2.24) is 0 Å². The molecule has 0 aliphatic rings. The summed E-state index contributed by atoms with van der Waals surface area (Å²) < 4.78 is 5.87. The van der Waals surface area contributed by atoms with E-state index in [-0.39, 0.29) is 0 Å². The molecule has 2 aromatic carbocycles. The van der Waals surface area contributed by atoms with Crippen LogP contribution < -0.4 is 0 Å². The Kier molecular flexibility index (Phi) is 7.19. The second kappa shape index (κ2) is 9.38. The van der Waals surface area contributed by atoms with Gasteiger partial charge < -0.3 is 4.74 Å². The van der Waals surface area contributed by atoms with Gasteiger partial charge in [0, 0.05) is 5.75 Å². The van der Waals surface area contributed by atoms with Gasteiger partial charge >= 0.3 is 0 Å². The Morgan fingerprint density at radius 2 is 1.79 bits per heavy atom. The maximum Gasteiger partial charge on any atom is 0.220 e. The largest absolute Gasteiger partial charge is 0.479 e. The number of benzene rings is 2. The highest BCUT2D eigenvalue weighted by Gasteiger charge is 2.05. The SMILES string of the molecule is CCOC(=S)SCc1cc(C)ccc1N=C=Nc1ccc(C)cc1. The van der Waals surface area contributed by atoms with Crippen LogP contribution in [0.5, 0.6) is 0 Å². The normalized spacial score (nSPS) is 9.96. The van der Waals surface area contributed by atoms with Gasteiger partial charge in [-0.3, -0.25) is 0 Å². The molecular formula is C19H20N2OS2. The molecule has 0 N–H and O–H groups in total. The minimum atomic E-state index is 0.558. The molecule has 2 aromatic rings. The number of nitrogens with zero attached hydrogens (tertiary/aromatic N) is 2. The molecular weight excluding hydrogens is 336 g/mol. The van der Waals surface area contributed by atoms with Gasteiger partial charge in [-0.05, 0) is 56.8 Å². The van der Waals surface area contributed by atoms with E-state index in [4.69, 9.17) is 17.0 Å². The summed E-state index contributed by atoms with van der Waals surface area (Å²) >= 11 is 6.67. The molecule has 0 aromatic heterocycles. The predicted octanol–water partition coefficient (Wildman–Crippen LogP) is 6.00. The second-order valence-electron chi connectivity index (χ2n) is 5.26. The first-order chi connectivity index (χ1) is 11.6. The molecule has 2 rings (SSSR count). The van der Waals surface area contributed by atoms with Gasteiger partial charge in [-0.25, -0.2) is 0 Å². The Morgan fingerprint density at radius 1 is 1.08 bits per heavy atom. The van der Waals surface area contributed by atoms with Crippen molar-refractivity contribution in [2.45, 2.75) is 26.5 Å². The standard InChI is InChI=1S/C19H20N2OS2/c1-4-22-19(23)24-12-16-11-15(3)7-10-18(16)21-13-20-17-8-5-14(2)6-9-17/h5-11H,4,12H2,1-3H3. The molecule has 0 fully saturated rings. The lowest BCUT2D eigenvalue weighted by Crippen LogP contribution is -1.96. The molecule has 0 amide bonds. The summed E-state index contributed by atoms with van der Waals surface area (Å²) in [7, 11) is 0. The van der Waals surface area contributed by atoms with Gasteiger partial charge in [-0.2, -0.15) is 9.98 Å². The minimum absolute atomic E-state index is 0.558. The maximum atomic E-state index is 5.31. The lowest BCUT2D eigenvalue weighted by molar-refractivity contribution is 0.346. The third-order valence-corrected chi connectivity index (χ3v) is 4.51. The van der Waals surface area contributed by atoms with Gasteiger partial charge in [0.05, 0.1) is 18.0 Å². The molecule has 0 saturated heterocycles. The van der Waals surface area contributed by atoms with Crippen molar-refractivity contribution in [2.75, 3.05) is 6.61 Å². The number of rotatable bonds is 5. The highest BCUT2D eigenvalue weighted by molar-refractivity contribution is 8.22. The first-order valence-corrected chi connectivity index (χ1v) is 9.10. The zero-order valence-electron chi connectivity index (χ0n) is 14.1. The average Bonchev–Trinajstić information content (AvgIpc) is 2.56. The molecule has 0 heterocycles.